The first-order valence-electron chi connectivity index (χ1n) is 9.13. The molecule has 4 rings (SSSR count). The van der Waals surface area contributed by atoms with Gasteiger partial charge in [-0.15, -0.1) is 0 Å². The van der Waals surface area contributed by atoms with Gasteiger partial charge in [0.2, 0.25) is 0 Å². The van der Waals surface area contributed by atoms with Crippen molar-refractivity contribution in [2.45, 2.75) is 32.7 Å². The van der Waals surface area contributed by atoms with Crippen LogP contribution in [0.3, 0.4) is 0 Å². The molecule has 3 aromatic rings. The maximum atomic E-state index is 13.1. The van der Waals surface area contributed by atoms with Crippen molar-refractivity contribution in [2.75, 3.05) is 6.54 Å². The van der Waals surface area contributed by atoms with Gasteiger partial charge >= 0.3 is 0 Å². The Hall–Kier alpha value is -2.88. The van der Waals surface area contributed by atoms with Crippen LogP contribution in [0.15, 0.2) is 60.7 Å². The van der Waals surface area contributed by atoms with Crippen molar-refractivity contribution < 1.29 is 4.79 Å². The summed E-state index contributed by atoms with van der Waals surface area (Å²) in [6, 6.07) is 20.5. The van der Waals surface area contributed by atoms with Crippen molar-refractivity contribution in [3.63, 3.8) is 0 Å². The number of aromatic nitrogens is 2. The average molecular weight is 345 g/mol. The molecule has 1 saturated heterocycles. The van der Waals surface area contributed by atoms with E-state index in [1.165, 1.54) is 11.1 Å². The second-order valence-corrected chi connectivity index (χ2v) is 6.99. The van der Waals surface area contributed by atoms with Crippen molar-refractivity contribution in [2.24, 2.45) is 0 Å². The van der Waals surface area contributed by atoms with Gasteiger partial charge in [0.05, 0.1) is 11.7 Å². The average Bonchev–Trinajstić information content (AvgIpc) is 3.29. The third kappa shape index (κ3) is 3.03. The highest BCUT2D eigenvalue weighted by atomic mass is 16.2. The van der Waals surface area contributed by atoms with Crippen LogP contribution in [0.4, 0.5) is 0 Å². The summed E-state index contributed by atoms with van der Waals surface area (Å²) in [5.41, 5.74) is 4.90. The Labute approximate surface area is 154 Å². The van der Waals surface area contributed by atoms with Crippen LogP contribution in [0.1, 0.15) is 46.2 Å². The van der Waals surface area contributed by atoms with Crippen LogP contribution < -0.4 is 0 Å². The molecule has 1 fully saturated rings. The van der Waals surface area contributed by atoms with Crippen molar-refractivity contribution in [1.82, 2.24) is 14.7 Å². The van der Waals surface area contributed by atoms with Crippen LogP contribution >= 0.6 is 0 Å². The van der Waals surface area contributed by atoms with Gasteiger partial charge in [-0.2, -0.15) is 5.10 Å². The zero-order valence-corrected chi connectivity index (χ0v) is 15.2. The number of para-hydroxylation sites is 1. The maximum absolute atomic E-state index is 13.1. The third-order valence-corrected chi connectivity index (χ3v) is 5.08. The largest absolute Gasteiger partial charge is 0.330 e. The monoisotopic (exact) mass is 345 g/mol. The highest BCUT2D eigenvalue weighted by Crippen LogP contribution is 2.33. The number of carbonyl (C=O) groups excluding carboxylic acids is 1. The molecule has 0 N–H and O–H groups in total. The maximum Gasteiger partial charge on any atom is 0.274 e. The van der Waals surface area contributed by atoms with Crippen LogP contribution in [0.2, 0.25) is 0 Å². The molecule has 0 spiro atoms. The second-order valence-electron chi connectivity index (χ2n) is 6.99. The van der Waals surface area contributed by atoms with Crippen molar-refractivity contribution in [3.05, 3.63) is 83.2 Å². The Balaban J connectivity index is 1.62. The summed E-state index contributed by atoms with van der Waals surface area (Å²) in [6.45, 7) is 4.85. The van der Waals surface area contributed by atoms with Gasteiger partial charge in [-0.3, -0.25) is 4.79 Å². The third-order valence-electron chi connectivity index (χ3n) is 5.08. The van der Waals surface area contributed by atoms with Crippen LogP contribution in [-0.4, -0.2) is 27.1 Å². The Morgan fingerprint density at radius 3 is 2.50 bits per heavy atom. The van der Waals surface area contributed by atoms with Gasteiger partial charge in [-0.1, -0.05) is 48.0 Å². The first kappa shape index (κ1) is 16.6. The van der Waals surface area contributed by atoms with Gasteiger partial charge in [0.25, 0.3) is 5.91 Å². The standard InChI is InChI=1S/C22H23N3O/c1-16-10-12-18(13-11-16)21-9-6-14-24(21)22(26)20-15-17(2)25(23-20)19-7-4-3-5-8-19/h3-5,7-8,10-13,15,21H,6,9,14H2,1-2H3. The van der Waals surface area contributed by atoms with Gasteiger partial charge in [-0.05, 0) is 50.5 Å². The molecule has 4 nitrogen and oxygen atoms in total. The molecule has 0 saturated carbocycles. The quantitative estimate of drug-likeness (QED) is 0.702. The number of amides is 1. The number of carbonyl (C=O) groups is 1. The van der Waals surface area contributed by atoms with E-state index < -0.39 is 0 Å². The predicted molar refractivity (Wildman–Crippen MR) is 102 cm³/mol. The molecule has 0 bridgehead atoms. The summed E-state index contributed by atoms with van der Waals surface area (Å²) in [4.78, 5) is 15.1. The lowest BCUT2D eigenvalue weighted by atomic mass is 10.0. The molecule has 4 heteroatoms. The first-order chi connectivity index (χ1) is 12.6. The fourth-order valence-corrected chi connectivity index (χ4v) is 3.70. The van der Waals surface area contributed by atoms with Crippen LogP contribution in [0, 0.1) is 13.8 Å². The minimum Gasteiger partial charge on any atom is -0.330 e. The van der Waals surface area contributed by atoms with Gasteiger partial charge in [0.15, 0.2) is 5.69 Å². The van der Waals surface area contributed by atoms with Gasteiger partial charge in [-0.25, -0.2) is 4.68 Å². The lowest BCUT2D eigenvalue weighted by molar-refractivity contribution is 0.0729. The van der Waals surface area contributed by atoms with E-state index in [-0.39, 0.29) is 11.9 Å². The number of hydrogen-bond donors (Lipinski definition) is 0. The predicted octanol–water partition coefficient (Wildman–Crippen LogP) is 4.47. The molecule has 1 aliphatic heterocycles. The molecule has 132 valence electrons. The molecule has 1 unspecified atom stereocenters. The molecule has 1 amide bonds. The molecule has 2 aromatic carbocycles. The van der Waals surface area contributed by atoms with Gasteiger partial charge in [0, 0.05) is 12.2 Å². The van der Waals surface area contributed by atoms with Crippen molar-refractivity contribution in [3.8, 4) is 5.69 Å². The van der Waals surface area contributed by atoms with E-state index in [0.29, 0.717) is 5.69 Å². The molecule has 26 heavy (non-hydrogen) atoms. The van der Waals surface area contributed by atoms with E-state index in [0.717, 1.165) is 30.8 Å². The number of nitrogens with zero attached hydrogens (tertiary/aromatic N) is 3. The van der Waals surface area contributed by atoms with Crippen LogP contribution in [-0.2, 0) is 0 Å². The lowest BCUT2D eigenvalue weighted by Gasteiger charge is -2.24. The highest BCUT2D eigenvalue weighted by molar-refractivity contribution is 5.93. The highest BCUT2D eigenvalue weighted by Gasteiger charge is 2.32. The van der Waals surface area contributed by atoms with E-state index in [2.05, 4.69) is 36.3 Å². The number of hydrogen-bond acceptors (Lipinski definition) is 2. The molecular weight excluding hydrogens is 322 g/mol. The fraction of sp³-hybridized carbons (Fsp3) is 0.273. The number of likely N-dealkylation sites (tertiary alicyclic amines) is 1. The molecule has 2 heterocycles. The topological polar surface area (TPSA) is 38.1 Å². The van der Waals surface area contributed by atoms with E-state index >= 15 is 0 Å². The zero-order chi connectivity index (χ0) is 18.1. The Morgan fingerprint density at radius 2 is 1.77 bits per heavy atom. The van der Waals surface area contributed by atoms with E-state index in [1.54, 1.807) is 0 Å². The lowest BCUT2D eigenvalue weighted by Crippen LogP contribution is -2.31. The molecular formula is C22H23N3O. The summed E-state index contributed by atoms with van der Waals surface area (Å²) in [5, 5.41) is 4.59. The smallest absolute Gasteiger partial charge is 0.274 e. The SMILES string of the molecule is Cc1ccc(C2CCCN2C(=O)c2cc(C)n(-c3ccccc3)n2)cc1. The summed E-state index contributed by atoms with van der Waals surface area (Å²) >= 11 is 0. The fourth-order valence-electron chi connectivity index (χ4n) is 3.70. The molecule has 1 aliphatic rings. The van der Waals surface area contributed by atoms with Crippen LogP contribution in [0.25, 0.3) is 5.69 Å². The van der Waals surface area contributed by atoms with Gasteiger partial charge in [0.1, 0.15) is 0 Å². The van der Waals surface area contributed by atoms with E-state index in [9.17, 15) is 4.79 Å². The minimum atomic E-state index is 0.0193. The number of benzene rings is 2. The minimum absolute atomic E-state index is 0.0193. The second kappa shape index (κ2) is 6.79. The molecule has 0 aliphatic carbocycles. The summed E-state index contributed by atoms with van der Waals surface area (Å²) in [6.07, 6.45) is 2.04. The summed E-state index contributed by atoms with van der Waals surface area (Å²) in [5.74, 6) is 0.0193. The van der Waals surface area contributed by atoms with Crippen molar-refractivity contribution in [1.29, 1.82) is 0 Å². The van der Waals surface area contributed by atoms with E-state index in [1.807, 2.05) is 52.9 Å². The Bertz CT molecular complexity index is 912. The molecule has 1 atom stereocenters. The first-order valence-corrected chi connectivity index (χ1v) is 9.13. The van der Waals surface area contributed by atoms with Gasteiger partial charge < -0.3 is 4.90 Å². The summed E-state index contributed by atoms with van der Waals surface area (Å²) in [7, 11) is 0. The normalized spacial score (nSPS) is 16.8. The molecule has 0 radical (unpaired) electrons. The Morgan fingerprint density at radius 1 is 1.04 bits per heavy atom. The Kier molecular flexibility index (Phi) is 4.33. The summed E-state index contributed by atoms with van der Waals surface area (Å²) < 4.78 is 1.84. The van der Waals surface area contributed by atoms with Crippen LogP contribution in [0.5, 0.6) is 0 Å². The zero-order valence-electron chi connectivity index (χ0n) is 15.2. The van der Waals surface area contributed by atoms with E-state index in [4.69, 9.17) is 0 Å². The number of rotatable bonds is 3. The molecule has 1 aromatic heterocycles. The van der Waals surface area contributed by atoms with Crippen molar-refractivity contribution >= 4 is 5.91 Å². The number of aryl methyl sites for hydroxylation is 2.